The number of rotatable bonds is 6. The molecule has 1 aromatic rings. The van der Waals surface area contributed by atoms with Crippen molar-refractivity contribution in [1.82, 2.24) is 0 Å². The topological polar surface area (TPSA) is 43.4 Å². The molecule has 0 aliphatic rings. The third kappa shape index (κ3) is 4.67. The second-order valence-corrected chi connectivity index (χ2v) is 7.21. The smallest absolute Gasteiger partial charge is 0.261 e. The van der Waals surface area contributed by atoms with E-state index in [4.69, 9.17) is 27.0 Å². The lowest BCUT2D eigenvalue weighted by Crippen LogP contribution is -2.08. The van der Waals surface area contributed by atoms with Crippen LogP contribution in [0.4, 0.5) is 0 Å². The van der Waals surface area contributed by atoms with Crippen molar-refractivity contribution in [3.8, 4) is 5.75 Å². The first kappa shape index (κ1) is 15.6. The van der Waals surface area contributed by atoms with Crippen LogP contribution in [0.5, 0.6) is 5.75 Å². The molecule has 1 unspecified atom stereocenters. The Labute approximate surface area is 117 Å². The zero-order valence-electron chi connectivity index (χ0n) is 10.3. The molecule has 0 radical (unpaired) electrons. The minimum absolute atomic E-state index is 0.0249. The molecule has 0 aliphatic carbocycles. The van der Waals surface area contributed by atoms with Crippen LogP contribution in [0.2, 0.25) is 5.02 Å². The number of benzene rings is 1. The normalized spacial score (nSPS) is 13.3. The van der Waals surface area contributed by atoms with Gasteiger partial charge >= 0.3 is 0 Å². The van der Waals surface area contributed by atoms with E-state index in [-0.39, 0.29) is 9.92 Å². The van der Waals surface area contributed by atoms with Crippen molar-refractivity contribution < 1.29 is 13.2 Å². The van der Waals surface area contributed by atoms with Crippen molar-refractivity contribution in [1.29, 1.82) is 0 Å². The van der Waals surface area contributed by atoms with Gasteiger partial charge in [0.15, 0.2) is 0 Å². The van der Waals surface area contributed by atoms with Crippen molar-refractivity contribution >= 4 is 31.3 Å². The Morgan fingerprint density at radius 1 is 1.39 bits per heavy atom. The molecule has 0 saturated carbocycles. The van der Waals surface area contributed by atoms with E-state index < -0.39 is 9.05 Å². The van der Waals surface area contributed by atoms with Crippen LogP contribution in [0, 0.1) is 5.92 Å². The Hall–Kier alpha value is -0.450. The van der Waals surface area contributed by atoms with Crippen LogP contribution in [0.1, 0.15) is 26.7 Å². The highest BCUT2D eigenvalue weighted by Crippen LogP contribution is 2.29. The van der Waals surface area contributed by atoms with E-state index in [9.17, 15) is 8.42 Å². The molecule has 6 heteroatoms. The first-order chi connectivity index (χ1) is 8.34. The average molecular weight is 311 g/mol. The molecule has 1 atom stereocenters. The summed E-state index contributed by atoms with van der Waals surface area (Å²) in [5, 5.41) is 0.250. The van der Waals surface area contributed by atoms with Gasteiger partial charge in [-0.3, -0.25) is 0 Å². The van der Waals surface area contributed by atoms with E-state index in [0.717, 1.165) is 12.8 Å². The van der Waals surface area contributed by atoms with Gasteiger partial charge in [0.05, 0.1) is 16.5 Å². The predicted octanol–water partition coefficient (Wildman–Crippen LogP) is 4.08. The summed E-state index contributed by atoms with van der Waals surface area (Å²) in [5.41, 5.74) is 0. The SMILES string of the molecule is CCCC(C)COc1ccc(S(=O)(=O)Cl)cc1Cl. The van der Waals surface area contributed by atoms with Gasteiger partial charge in [-0.2, -0.15) is 0 Å². The monoisotopic (exact) mass is 310 g/mol. The van der Waals surface area contributed by atoms with Crippen LogP contribution < -0.4 is 4.74 Å². The Balaban J connectivity index is 2.75. The highest BCUT2D eigenvalue weighted by Gasteiger charge is 2.13. The summed E-state index contributed by atoms with van der Waals surface area (Å²) < 4.78 is 27.8. The zero-order valence-corrected chi connectivity index (χ0v) is 12.6. The first-order valence-corrected chi connectivity index (χ1v) is 8.40. The van der Waals surface area contributed by atoms with Gasteiger partial charge in [-0.05, 0) is 30.5 Å². The zero-order chi connectivity index (χ0) is 13.8. The average Bonchev–Trinajstić information content (AvgIpc) is 2.26. The molecule has 0 fully saturated rings. The molecule has 1 aromatic carbocycles. The lowest BCUT2D eigenvalue weighted by atomic mass is 10.1. The van der Waals surface area contributed by atoms with E-state index in [1.165, 1.54) is 18.2 Å². The van der Waals surface area contributed by atoms with Crippen molar-refractivity contribution in [2.45, 2.75) is 31.6 Å². The molecular weight excluding hydrogens is 295 g/mol. The van der Waals surface area contributed by atoms with Gasteiger partial charge in [-0.15, -0.1) is 0 Å². The summed E-state index contributed by atoms with van der Waals surface area (Å²) in [6.45, 7) is 4.76. The van der Waals surface area contributed by atoms with Crippen LogP contribution in [0.25, 0.3) is 0 Å². The van der Waals surface area contributed by atoms with Gasteiger partial charge in [-0.1, -0.05) is 31.9 Å². The molecular formula is C12H16Cl2O3S. The van der Waals surface area contributed by atoms with Crippen LogP contribution in [-0.4, -0.2) is 15.0 Å². The Morgan fingerprint density at radius 3 is 2.56 bits per heavy atom. The summed E-state index contributed by atoms with van der Waals surface area (Å²) in [4.78, 5) is -0.0249. The molecule has 0 N–H and O–H groups in total. The lowest BCUT2D eigenvalue weighted by Gasteiger charge is -2.13. The number of hydrogen-bond donors (Lipinski definition) is 0. The number of hydrogen-bond acceptors (Lipinski definition) is 3. The molecule has 3 nitrogen and oxygen atoms in total. The third-order valence-corrected chi connectivity index (χ3v) is 4.14. The Kier molecular flexibility index (Phi) is 5.76. The van der Waals surface area contributed by atoms with Crippen LogP contribution in [0.15, 0.2) is 23.1 Å². The molecule has 0 amide bonds. The molecule has 0 spiro atoms. The number of halogens is 2. The van der Waals surface area contributed by atoms with E-state index >= 15 is 0 Å². The summed E-state index contributed by atoms with van der Waals surface area (Å²) in [7, 11) is 1.47. The van der Waals surface area contributed by atoms with E-state index in [0.29, 0.717) is 18.3 Å². The van der Waals surface area contributed by atoms with E-state index in [2.05, 4.69) is 13.8 Å². The summed E-state index contributed by atoms with van der Waals surface area (Å²) >= 11 is 5.95. The Bertz CT molecular complexity index is 500. The second-order valence-electron chi connectivity index (χ2n) is 4.23. The maximum absolute atomic E-state index is 11.1. The highest BCUT2D eigenvalue weighted by atomic mass is 35.7. The van der Waals surface area contributed by atoms with Crippen molar-refractivity contribution in [2.75, 3.05) is 6.61 Å². The molecule has 0 aliphatic heterocycles. The molecule has 0 saturated heterocycles. The van der Waals surface area contributed by atoms with Gasteiger partial charge < -0.3 is 4.74 Å². The molecule has 0 heterocycles. The van der Waals surface area contributed by atoms with E-state index in [1.54, 1.807) is 0 Å². The second kappa shape index (κ2) is 6.64. The summed E-state index contributed by atoms with van der Waals surface area (Å²) in [6.07, 6.45) is 2.17. The first-order valence-electron chi connectivity index (χ1n) is 5.71. The quantitative estimate of drug-likeness (QED) is 0.743. The Morgan fingerprint density at radius 2 is 2.06 bits per heavy atom. The van der Waals surface area contributed by atoms with Gasteiger partial charge in [0, 0.05) is 10.7 Å². The number of ether oxygens (including phenoxy) is 1. The van der Waals surface area contributed by atoms with Crippen molar-refractivity contribution in [3.63, 3.8) is 0 Å². The summed E-state index contributed by atoms with van der Waals surface area (Å²) in [6, 6.07) is 4.20. The molecule has 0 aromatic heterocycles. The molecule has 1 rings (SSSR count). The fraction of sp³-hybridized carbons (Fsp3) is 0.500. The van der Waals surface area contributed by atoms with Gasteiger partial charge in [0.2, 0.25) is 0 Å². The van der Waals surface area contributed by atoms with Crippen molar-refractivity contribution in [2.24, 2.45) is 5.92 Å². The maximum Gasteiger partial charge on any atom is 0.261 e. The van der Waals surface area contributed by atoms with Crippen LogP contribution in [0.3, 0.4) is 0 Å². The summed E-state index contributed by atoms with van der Waals surface area (Å²) in [5.74, 6) is 0.909. The predicted molar refractivity (Wildman–Crippen MR) is 74.1 cm³/mol. The minimum atomic E-state index is -3.75. The van der Waals surface area contributed by atoms with Gasteiger partial charge in [0.1, 0.15) is 5.75 Å². The minimum Gasteiger partial charge on any atom is -0.492 e. The molecule has 102 valence electrons. The van der Waals surface area contributed by atoms with E-state index in [1.807, 2.05) is 0 Å². The molecule has 18 heavy (non-hydrogen) atoms. The van der Waals surface area contributed by atoms with Crippen LogP contribution >= 0.6 is 22.3 Å². The maximum atomic E-state index is 11.1. The largest absolute Gasteiger partial charge is 0.492 e. The lowest BCUT2D eigenvalue weighted by molar-refractivity contribution is 0.251. The fourth-order valence-electron chi connectivity index (χ4n) is 1.56. The molecule has 0 bridgehead atoms. The fourth-order valence-corrected chi connectivity index (χ4v) is 2.64. The highest BCUT2D eigenvalue weighted by molar-refractivity contribution is 8.13. The van der Waals surface area contributed by atoms with Gasteiger partial charge in [0.25, 0.3) is 9.05 Å². The van der Waals surface area contributed by atoms with Gasteiger partial charge in [-0.25, -0.2) is 8.42 Å². The van der Waals surface area contributed by atoms with Crippen LogP contribution in [-0.2, 0) is 9.05 Å². The standard InChI is InChI=1S/C12H16Cl2O3S/c1-3-4-9(2)8-17-12-6-5-10(7-11(12)13)18(14,15)16/h5-7,9H,3-4,8H2,1-2H3. The van der Waals surface area contributed by atoms with Crippen molar-refractivity contribution in [3.05, 3.63) is 23.2 Å². The third-order valence-electron chi connectivity index (χ3n) is 2.49.